The molecule has 1 heterocycles. The van der Waals surface area contributed by atoms with Crippen LogP contribution in [0.15, 0.2) is 42.5 Å². The van der Waals surface area contributed by atoms with Crippen molar-refractivity contribution >= 4 is 16.6 Å². The van der Waals surface area contributed by atoms with Crippen LogP contribution in [-0.2, 0) is 16.0 Å². The lowest BCUT2D eigenvalue weighted by Crippen LogP contribution is -2.24. The zero-order valence-electron chi connectivity index (χ0n) is 11.0. The number of carbonyl (C=O) groups is 1. The quantitative estimate of drug-likeness (QED) is 0.839. The molecule has 0 N–H and O–H groups in total. The van der Waals surface area contributed by atoms with Gasteiger partial charge in [0.2, 0.25) is 0 Å². The molecule has 1 aliphatic rings. The fraction of sp³-hybridized carbons (Fsp3) is 0.353. The lowest BCUT2D eigenvalue weighted by Gasteiger charge is -2.20. The summed E-state index contributed by atoms with van der Waals surface area (Å²) in [6.07, 6.45) is 2.31. The summed E-state index contributed by atoms with van der Waals surface area (Å²) in [7, 11) is 0. The van der Waals surface area contributed by atoms with Crippen molar-refractivity contribution in [3.63, 3.8) is 0 Å². The summed E-state index contributed by atoms with van der Waals surface area (Å²) in [6.45, 7) is 1.46. The fourth-order valence-electron chi connectivity index (χ4n) is 2.71. The van der Waals surface area contributed by atoms with Crippen LogP contribution in [0, 0.1) is 5.92 Å². The molecule has 3 rings (SSSR count). The van der Waals surface area contributed by atoms with Crippen LogP contribution in [0.2, 0.25) is 0 Å². The Morgan fingerprint density at radius 3 is 2.58 bits per heavy atom. The van der Waals surface area contributed by atoms with Crippen LogP contribution >= 0.6 is 0 Å². The first-order valence-corrected chi connectivity index (χ1v) is 6.91. The molecule has 2 nitrogen and oxygen atoms in total. The molecular formula is C17H18O2. The van der Waals surface area contributed by atoms with Gasteiger partial charge in [0.25, 0.3) is 0 Å². The maximum atomic E-state index is 12.2. The second kappa shape index (κ2) is 5.54. The highest BCUT2D eigenvalue weighted by Crippen LogP contribution is 2.20. The van der Waals surface area contributed by atoms with Gasteiger partial charge in [0.05, 0.1) is 0 Å². The summed E-state index contributed by atoms with van der Waals surface area (Å²) in [5.74, 6) is 0.554. The van der Waals surface area contributed by atoms with Gasteiger partial charge in [0, 0.05) is 25.6 Å². The normalized spacial score (nSPS) is 16.6. The van der Waals surface area contributed by atoms with Crippen molar-refractivity contribution < 1.29 is 9.53 Å². The zero-order chi connectivity index (χ0) is 13.1. The molecule has 1 aliphatic heterocycles. The Bertz CT molecular complexity index is 583. The van der Waals surface area contributed by atoms with E-state index < -0.39 is 0 Å². The number of ketones is 1. The number of hydrogen-bond acceptors (Lipinski definition) is 2. The molecule has 19 heavy (non-hydrogen) atoms. The van der Waals surface area contributed by atoms with Gasteiger partial charge in [-0.3, -0.25) is 4.79 Å². The van der Waals surface area contributed by atoms with Crippen LogP contribution in [0.3, 0.4) is 0 Å². The minimum absolute atomic E-state index is 0.195. The highest BCUT2D eigenvalue weighted by atomic mass is 16.5. The smallest absolute Gasteiger partial charge is 0.140 e. The summed E-state index contributed by atoms with van der Waals surface area (Å²) in [5, 5.41) is 2.43. The van der Waals surface area contributed by atoms with Crippen molar-refractivity contribution in [1.29, 1.82) is 0 Å². The third kappa shape index (κ3) is 2.85. The summed E-state index contributed by atoms with van der Waals surface area (Å²) < 4.78 is 5.31. The van der Waals surface area contributed by atoms with Gasteiger partial charge in [0.15, 0.2) is 0 Å². The summed E-state index contributed by atoms with van der Waals surface area (Å²) in [4.78, 5) is 12.2. The summed E-state index contributed by atoms with van der Waals surface area (Å²) >= 11 is 0. The average Bonchev–Trinajstić information content (AvgIpc) is 2.48. The van der Waals surface area contributed by atoms with E-state index in [-0.39, 0.29) is 5.92 Å². The Morgan fingerprint density at radius 1 is 1.05 bits per heavy atom. The molecule has 0 amide bonds. The monoisotopic (exact) mass is 254 g/mol. The Hall–Kier alpha value is -1.67. The first-order valence-electron chi connectivity index (χ1n) is 6.91. The third-order valence-electron chi connectivity index (χ3n) is 3.87. The van der Waals surface area contributed by atoms with Crippen molar-refractivity contribution in [2.45, 2.75) is 19.3 Å². The van der Waals surface area contributed by atoms with Crippen LogP contribution < -0.4 is 0 Å². The molecule has 0 aliphatic carbocycles. The van der Waals surface area contributed by atoms with E-state index >= 15 is 0 Å². The predicted octanol–water partition coefficient (Wildman–Crippen LogP) is 3.38. The minimum atomic E-state index is 0.195. The highest BCUT2D eigenvalue weighted by molar-refractivity contribution is 5.87. The van der Waals surface area contributed by atoms with Gasteiger partial charge in [-0.2, -0.15) is 0 Å². The van der Waals surface area contributed by atoms with E-state index in [0.717, 1.165) is 31.6 Å². The van der Waals surface area contributed by atoms with Crippen molar-refractivity contribution in [3.8, 4) is 0 Å². The number of benzene rings is 2. The zero-order valence-corrected chi connectivity index (χ0v) is 11.0. The van der Waals surface area contributed by atoms with Crippen molar-refractivity contribution in [2.24, 2.45) is 5.92 Å². The number of fused-ring (bicyclic) bond motifs is 1. The predicted molar refractivity (Wildman–Crippen MR) is 76.2 cm³/mol. The second-order valence-corrected chi connectivity index (χ2v) is 5.21. The van der Waals surface area contributed by atoms with E-state index in [0.29, 0.717) is 12.2 Å². The maximum Gasteiger partial charge on any atom is 0.140 e. The number of ether oxygens (including phenoxy) is 1. The Balaban J connectivity index is 1.75. The molecule has 98 valence electrons. The molecule has 1 saturated heterocycles. The van der Waals surface area contributed by atoms with Crippen molar-refractivity contribution in [2.75, 3.05) is 13.2 Å². The van der Waals surface area contributed by atoms with Gasteiger partial charge >= 0.3 is 0 Å². The van der Waals surface area contributed by atoms with Crippen LogP contribution in [-0.4, -0.2) is 19.0 Å². The number of hydrogen-bond donors (Lipinski definition) is 0. The van der Waals surface area contributed by atoms with E-state index in [2.05, 4.69) is 30.3 Å². The molecule has 0 radical (unpaired) electrons. The van der Waals surface area contributed by atoms with Gasteiger partial charge < -0.3 is 4.74 Å². The molecule has 0 atom stereocenters. The highest BCUT2D eigenvalue weighted by Gasteiger charge is 2.21. The van der Waals surface area contributed by atoms with E-state index in [1.807, 2.05) is 12.1 Å². The topological polar surface area (TPSA) is 26.3 Å². The van der Waals surface area contributed by atoms with Crippen LogP contribution in [0.5, 0.6) is 0 Å². The maximum absolute atomic E-state index is 12.2. The van der Waals surface area contributed by atoms with Crippen LogP contribution in [0.25, 0.3) is 10.8 Å². The summed E-state index contributed by atoms with van der Waals surface area (Å²) in [5.41, 5.74) is 1.12. The minimum Gasteiger partial charge on any atom is -0.381 e. The largest absolute Gasteiger partial charge is 0.381 e. The van der Waals surface area contributed by atoms with E-state index in [1.165, 1.54) is 10.8 Å². The second-order valence-electron chi connectivity index (χ2n) is 5.21. The van der Waals surface area contributed by atoms with E-state index in [4.69, 9.17) is 4.74 Å². The molecule has 2 heteroatoms. The van der Waals surface area contributed by atoms with Crippen LogP contribution in [0.1, 0.15) is 18.4 Å². The molecule has 1 fully saturated rings. The van der Waals surface area contributed by atoms with Gasteiger partial charge in [-0.25, -0.2) is 0 Å². The molecular weight excluding hydrogens is 236 g/mol. The molecule has 0 unspecified atom stereocenters. The first kappa shape index (κ1) is 12.4. The molecule has 0 aromatic heterocycles. The standard InChI is InChI=1S/C17H18O2/c18-17(15-7-9-19-10-8-15)12-13-5-6-14-3-1-2-4-16(14)11-13/h1-6,11,15H,7-10,12H2. The molecule has 2 aromatic rings. The first-order chi connectivity index (χ1) is 9.33. The Morgan fingerprint density at radius 2 is 1.79 bits per heavy atom. The summed E-state index contributed by atoms with van der Waals surface area (Å²) in [6, 6.07) is 14.6. The van der Waals surface area contributed by atoms with Crippen molar-refractivity contribution in [3.05, 3.63) is 48.0 Å². The number of rotatable bonds is 3. The van der Waals surface area contributed by atoms with E-state index in [9.17, 15) is 4.79 Å². The SMILES string of the molecule is O=C(Cc1ccc2ccccc2c1)C1CCOCC1. The van der Waals surface area contributed by atoms with E-state index in [1.54, 1.807) is 0 Å². The Kier molecular flexibility index (Phi) is 3.60. The van der Waals surface area contributed by atoms with Gasteiger partial charge in [0.1, 0.15) is 5.78 Å². The lowest BCUT2D eigenvalue weighted by molar-refractivity contribution is -0.125. The van der Waals surface area contributed by atoms with Gasteiger partial charge in [-0.1, -0.05) is 42.5 Å². The molecule has 0 spiro atoms. The Labute approximate surface area is 113 Å². The van der Waals surface area contributed by atoms with Gasteiger partial charge in [-0.05, 0) is 29.2 Å². The average molecular weight is 254 g/mol. The number of Topliss-reactive ketones (excluding diaryl/α,β-unsaturated/α-hetero) is 1. The van der Waals surface area contributed by atoms with Crippen molar-refractivity contribution in [1.82, 2.24) is 0 Å². The lowest BCUT2D eigenvalue weighted by atomic mass is 9.91. The van der Waals surface area contributed by atoms with Gasteiger partial charge in [-0.15, -0.1) is 0 Å². The molecule has 0 saturated carbocycles. The number of carbonyl (C=O) groups excluding carboxylic acids is 1. The third-order valence-corrected chi connectivity index (χ3v) is 3.87. The van der Waals surface area contributed by atoms with Crippen LogP contribution in [0.4, 0.5) is 0 Å². The fourth-order valence-corrected chi connectivity index (χ4v) is 2.71. The molecule has 2 aromatic carbocycles. The molecule has 0 bridgehead atoms.